The molecule has 4 rings (SSSR count). The smallest absolute Gasteiger partial charge is 0.226 e. The SMILES string of the molecule is Cc1ccc(C(NC(=O)Cc2csc(-c3ccco3)n2)c2ccccc2)cc1. The first kappa shape index (κ1) is 18.2. The van der Waals surface area contributed by atoms with E-state index in [1.165, 1.54) is 16.9 Å². The van der Waals surface area contributed by atoms with E-state index in [1.807, 2.05) is 47.8 Å². The predicted molar refractivity (Wildman–Crippen MR) is 111 cm³/mol. The summed E-state index contributed by atoms with van der Waals surface area (Å²) in [6.45, 7) is 2.05. The molecule has 1 amide bonds. The number of aromatic nitrogens is 1. The van der Waals surface area contributed by atoms with Crippen molar-refractivity contribution < 1.29 is 9.21 Å². The number of carbonyl (C=O) groups excluding carboxylic acids is 1. The number of benzene rings is 2. The molecule has 4 aromatic rings. The molecule has 5 heteroatoms. The Morgan fingerprint density at radius 1 is 1.04 bits per heavy atom. The van der Waals surface area contributed by atoms with Crippen LogP contribution in [0.15, 0.2) is 82.8 Å². The summed E-state index contributed by atoms with van der Waals surface area (Å²) in [7, 11) is 0. The maximum absolute atomic E-state index is 12.8. The summed E-state index contributed by atoms with van der Waals surface area (Å²) in [5.74, 6) is 0.657. The number of amides is 1. The lowest BCUT2D eigenvalue weighted by Gasteiger charge is -2.20. The summed E-state index contributed by atoms with van der Waals surface area (Å²) in [5.41, 5.74) is 4.04. The van der Waals surface area contributed by atoms with Gasteiger partial charge in [0.25, 0.3) is 0 Å². The molecule has 2 aromatic heterocycles. The van der Waals surface area contributed by atoms with Crippen molar-refractivity contribution >= 4 is 17.2 Å². The van der Waals surface area contributed by atoms with Crippen molar-refractivity contribution in [2.24, 2.45) is 0 Å². The molecule has 0 saturated heterocycles. The molecule has 2 heterocycles. The molecule has 1 atom stereocenters. The van der Waals surface area contributed by atoms with Crippen molar-refractivity contribution in [1.29, 1.82) is 0 Å². The zero-order chi connectivity index (χ0) is 19.3. The van der Waals surface area contributed by atoms with Crippen LogP contribution in [0.25, 0.3) is 10.8 Å². The molecule has 1 unspecified atom stereocenters. The molecule has 0 spiro atoms. The molecule has 0 radical (unpaired) electrons. The van der Waals surface area contributed by atoms with E-state index < -0.39 is 0 Å². The Hall–Kier alpha value is -3.18. The van der Waals surface area contributed by atoms with Crippen molar-refractivity contribution in [3.8, 4) is 10.8 Å². The molecule has 0 aliphatic rings. The van der Waals surface area contributed by atoms with Crippen molar-refractivity contribution in [3.63, 3.8) is 0 Å². The number of hydrogen-bond donors (Lipinski definition) is 1. The predicted octanol–water partition coefficient (Wildman–Crippen LogP) is 5.16. The Balaban J connectivity index is 1.52. The van der Waals surface area contributed by atoms with Gasteiger partial charge in [0.2, 0.25) is 5.91 Å². The van der Waals surface area contributed by atoms with Crippen LogP contribution >= 0.6 is 11.3 Å². The standard InChI is InChI=1S/C23H20N2O2S/c1-16-9-11-18(12-10-16)22(17-6-3-2-4-7-17)25-21(26)14-19-15-28-23(24-19)20-8-5-13-27-20/h2-13,15,22H,14H2,1H3,(H,25,26). The molecular weight excluding hydrogens is 368 g/mol. The number of thiazole rings is 1. The van der Waals surface area contributed by atoms with Gasteiger partial charge in [-0.2, -0.15) is 0 Å². The molecule has 28 heavy (non-hydrogen) atoms. The minimum absolute atomic E-state index is 0.0641. The van der Waals surface area contributed by atoms with Crippen molar-refractivity contribution in [2.45, 2.75) is 19.4 Å². The number of aryl methyl sites for hydroxylation is 1. The maximum Gasteiger partial charge on any atom is 0.226 e. The van der Waals surface area contributed by atoms with Crippen LogP contribution < -0.4 is 5.32 Å². The second kappa shape index (κ2) is 8.23. The summed E-state index contributed by atoms with van der Waals surface area (Å²) in [4.78, 5) is 17.3. The van der Waals surface area contributed by atoms with Crippen LogP contribution in [0.2, 0.25) is 0 Å². The molecule has 0 saturated carbocycles. The lowest BCUT2D eigenvalue weighted by atomic mass is 9.97. The highest BCUT2D eigenvalue weighted by Gasteiger charge is 2.18. The van der Waals surface area contributed by atoms with Gasteiger partial charge in [-0.3, -0.25) is 4.79 Å². The molecule has 1 N–H and O–H groups in total. The van der Waals surface area contributed by atoms with Crippen LogP contribution in [-0.4, -0.2) is 10.9 Å². The Morgan fingerprint density at radius 2 is 1.79 bits per heavy atom. The van der Waals surface area contributed by atoms with Gasteiger partial charge in [0.1, 0.15) is 0 Å². The van der Waals surface area contributed by atoms with E-state index in [-0.39, 0.29) is 18.4 Å². The third-order valence-corrected chi connectivity index (χ3v) is 5.38. The fourth-order valence-corrected chi connectivity index (χ4v) is 3.83. The van der Waals surface area contributed by atoms with Crippen LogP contribution in [-0.2, 0) is 11.2 Å². The first-order chi connectivity index (χ1) is 13.7. The van der Waals surface area contributed by atoms with Gasteiger partial charge >= 0.3 is 0 Å². The summed E-state index contributed by atoms with van der Waals surface area (Å²) in [6.07, 6.45) is 1.85. The molecule has 0 aliphatic carbocycles. The van der Waals surface area contributed by atoms with E-state index in [1.54, 1.807) is 6.26 Å². The topological polar surface area (TPSA) is 55.1 Å². The fraction of sp³-hybridized carbons (Fsp3) is 0.130. The quantitative estimate of drug-likeness (QED) is 0.496. The van der Waals surface area contributed by atoms with Gasteiger partial charge < -0.3 is 9.73 Å². The average Bonchev–Trinajstić information content (AvgIpc) is 3.39. The number of nitrogens with one attached hydrogen (secondary N) is 1. The van der Waals surface area contributed by atoms with Gasteiger partial charge in [0.05, 0.1) is 24.4 Å². The zero-order valence-electron chi connectivity index (χ0n) is 15.5. The van der Waals surface area contributed by atoms with Gasteiger partial charge in [0.15, 0.2) is 10.8 Å². The molecule has 0 bridgehead atoms. The Labute approximate surface area is 167 Å². The number of furan rings is 1. The minimum atomic E-state index is -0.197. The molecule has 0 fully saturated rings. The first-order valence-corrected chi connectivity index (χ1v) is 9.96. The number of rotatable bonds is 6. The van der Waals surface area contributed by atoms with Crippen LogP contribution in [0.4, 0.5) is 0 Å². The number of carbonyl (C=O) groups is 1. The summed E-state index contributed by atoms with van der Waals surface area (Å²) in [6, 6.07) is 21.8. The van der Waals surface area contributed by atoms with E-state index >= 15 is 0 Å². The van der Waals surface area contributed by atoms with E-state index in [9.17, 15) is 4.79 Å². The zero-order valence-corrected chi connectivity index (χ0v) is 16.3. The van der Waals surface area contributed by atoms with Gasteiger partial charge in [-0.25, -0.2) is 4.98 Å². The third-order valence-electron chi connectivity index (χ3n) is 4.47. The molecule has 0 aliphatic heterocycles. The Bertz CT molecular complexity index is 1040. The molecule has 2 aromatic carbocycles. The highest BCUT2D eigenvalue weighted by atomic mass is 32.1. The fourth-order valence-electron chi connectivity index (χ4n) is 3.04. The van der Waals surface area contributed by atoms with Gasteiger partial charge in [-0.05, 0) is 30.2 Å². The van der Waals surface area contributed by atoms with Crippen LogP contribution in [0.1, 0.15) is 28.4 Å². The molecular formula is C23H20N2O2S. The Kier molecular flexibility index (Phi) is 5.35. The highest BCUT2D eigenvalue weighted by molar-refractivity contribution is 7.13. The average molecular weight is 388 g/mol. The number of nitrogens with zero attached hydrogens (tertiary/aromatic N) is 1. The summed E-state index contributed by atoms with van der Waals surface area (Å²) in [5, 5.41) is 5.85. The van der Waals surface area contributed by atoms with Crippen molar-refractivity contribution in [3.05, 3.63) is 101 Å². The van der Waals surface area contributed by atoms with Gasteiger partial charge in [-0.1, -0.05) is 60.2 Å². The monoisotopic (exact) mass is 388 g/mol. The lowest BCUT2D eigenvalue weighted by molar-refractivity contribution is -0.121. The first-order valence-electron chi connectivity index (χ1n) is 9.08. The van der Waals surface area contributed by atoms with E-state index in [0.717, 1.165) is 27.6 Å². The normalized spacial score (nSPS) is 11.9. The minimum Gasteiger partial charge on any atom is -0.462 e. The lowest BCUT2D eigenvalue weighted by Crippen LogP contribution is -2.30. The van der Waals surface area contributed by atoms with Gasteiger partial charge in [-0.15, -0.1) is 11.3 Å². The molecule has 4 nitrogen and oxygen atoms in total. The Morgan fingerprint density at radius 3 is 2.50 bits per heavy atom. The third kappa shape index (κ3) is 4.21. The summed E-state index contributed by atoms with van der Waals surface area (Å²) < 4.78 is 5.38. The molecule has 140 valence electrons. The van der Waals surface area contributed by atoms with Crippen LogP contribution in [0.3, 0.4) is 0 Å². The second-order valence-electron chi connectivity index (χ2n) is 6.62. The largest absolute Gasteiger partial charge is 0.462 e. The second-order valence-corrected chi connectivity index (χ2v) is 7.48. The van der Waals surface area contributed by atoms with Crippen LogP contribution in [0.5, 0.6) is 0 Å². The van der Waals surface area contributed by atoms with E-state index in [4.69, 9.17) is 4.42 Å². The number of hydrogen-bond acceptors (Lipinski definition) is 4. The van der Waals surface area contributed by atoms with E-state index in [0.29, 0.717) is 0 Å². The van der Waals surface area contributed by atoms with Crippen molar-refractivity contribution in [1.82, 2.24) is 10.3 Å². The van der Waals surface area contributed by atoms with Gasteiger partial charge in [0, 0.05) is 5.38 Å². The van der Waals surface area contributed by atoms with E-state index in [2.05, 4.69) is 41.5 Å². The maximum atomic E-state index is 12.8. The van der Waals surface area contributed by atoms with Crippen LogP contribution in [0, 0.1) is 6.92 Å². The highest BCUT2D eigenvalue weighted by Crippen LogP contribution is 2.25. The summed E-state index contributed by atoms with van der Waals surface area (Å²) >= 11 is 1.48. The van der Waals surface area contributed by atoms with Crippen molar-refractivity contribution in [2.75, 3.05) is 0 Å².